The van der Waals surface area contributed by atoms with Crippen LogP contribution in [0.2, 0.25) is 0 Å². The van der Waals surface area contributed by atoms with Crippen LogP contribution in [-0.4, -0.2) is 56.2 Å². The molecule has 0 bridgehead atoms. The molecule has 0 unspecified atom stereocenters. The Morgan fingerprint density at radius 1 is 1.40 bits per heavy atom. The molecular formula is C11H20N4. The molecular weight excluding hydrogens is 188 g/mol. The third-order valence-corrected chi connectivity index (χ3v) is 2.95. The molecule has 0 amide bonds. The van der Waals surface area contributed by atoms with Gasteiger partial charge in [0.1, 0.15) is 5.82 Å². The molecule has 4 heteroatoms. The minimum atomic E-state index is 1.08. The van der Waals surface area contributed by atoms with Crippen molar-refractivity contribution in [3.63, 3.8) is 0 Å². The molecule has 0 aliphatic carbocycles. The minimum absolute atomic E-state index is 1.08. The van der Waals surface area contributed by atoms with Crippen LogP contribution in [0.25, 0.3) is 0 Å². The first-order valence-corrected chi connectivity index (χ1v) is 5.64. The summed E-state index contributed by atoms with van der Waals surface area (Å²) >= 11 is 0. The number of aromatic amines is 1. The number of anilines is 1. The molecule has 2 N–H and O–H groups in total. The highest BCUT2D eigenvalue weighted by molar-refractivity contribution is 5.37. The van der Waals surface area contributed by atoms with E-state index in [0.29, 0.717) is 0 Å². The van der Waals surface area contributed by atoms with Gasteiger partial charge in [-0.3, -0.25) is 4.90 Å². The van der Waals surface area contributed by atoms with E-state index in [-0.39, 0.29) is 0 Å². The van der Waals surface area contributed by atoms with Gasteiger partial charge in [0, 0.05) is 52.5 Å². The van der Waals surface area contributed by atoms with E-state index >= 15 is 0 Å². The summed E-state index contributed by atoms with van der Waals surface area (Å²) in [6.45, 7) is 6.85. The van der Waals surface area contributed by atoms with E-state index in [1.807, 2.05) is 12.3 Å². The van der Waals surface area contributed by atoms with Crippen LogP contribution in [-0.2, 0) is 0 Å². The number of hydrogen-bond acceptors (Lipinski definition) is 3. The van der Waals surface area contributed by atoms with Gasteiger partial charge in [0.15, 0.2) is 0 Å². The van der Waals surface area contributed by atoms with Crippen LogP contribution in [0.1, 0.15) is 0 Å². The van der Waals surface area contributed by atoms with Crippen molar-refractivity contribution in [2.45, 2.75) is 0 Å². The quantitative estimate of drug-likeness (QED) is 0.749. The zero-order chi connectivity index (χ0) is 10.5. The van der Waals surface area contributed by atoms with Crippen molar-refractivity contribution in [1.82, 2.24) is 15.2 Å². The largest absolute Gasteiger partial charge is 0.360 e. The number of aromatic nitrogens is 1. The fourth-order valence-electron chi connectivity index (χ4n) is 1.90. The van der Waals surface area contributed by atoms with E-state index in [1.54, 1.807) is 0 Å². The highest BCUT2D eigenvalue weighted by Gasteiger charge is 2.10. The molecule has 1 fully saturated rings. The molecule has 1 saturated heterocycles. The number of nitrogens with one attached hydrogen (secondary N) is 2. The number of rotatable bonds is 4. The first-order chi connectivity index (χ1) is 7.36. The topological polar surface area (TPSA) is 34.3 Å². The molecule has 1 aliphatic rings. The lowest BCUT2D eigenvalue weighted by Crippen LogP contribution is -2.46. The summed E-state index contributed by atoms with van der Waals surface area (Å²) in [6, 6.07) is 4.15. The van der Waals surface area contributed by atoms with Crippen molar-refractivity contribution in [3.8, 4) is 0 Å². The van der Waals surface area contributed by atoms with Crippen LogP contribution in [0.5, 0.6) is 0 Å². The predicted octanol–water partition coefficient (Wildman–Crippen LogP) is 0.356. The van der Waals surface area contributed by atoms with Crippen LogP contribution in [0.4, 0.5) is 5.82 Å². The standard InChI is InChI=1S/C11H20N4/c1-14(11-3-2-4-13-11)9-10-15-7-5-12-6-8-15/h2-4,12-13H,5-10H2,1H3. The Morgan fingerprint density at radius 3 is 2.87 bits per heavy atom. The van der Waals surface area contributed by atoms with E-state index in [9.17, 15) is 0 Å². The van der Waals surface area contributed by atoms with E-state index in [0.717, 1.165) is 26.2 Å². The molecule has 0 saturated carbocycles. The number of H-pyrrole nitrogens is 1. The smallest absolute Gasteiger partial charge is 0.105 e. The van der Waals surface area contributed by atoms with E-state index < -0.39 is 0 Å². The first-order valence-electron chi connectivity index (χ1n) is 5.64. The zero-order valence-electron chi connectivity index (χ0n) is 9.37. The summed E-state index contributed by atoms with van der Waals surface area (Å²) < 4.78 is 0. The van der Waals surface area contributed by atoms with Gasteiger partial charge in [0.05, 0.1) is 0 Å². The minimum Gasteiger partial charge on any atom is -0.360 e. The molecule has 1 aromatic heterocycles. The van der Waals surface area contributed by atoms with Gasteiger partial charge >= 0.3 is 0 Å². The monoisotopic (exact) mass is 208 g/mol. The fraction of sp³-hybridized carbons (Fsp3) is 0.636. The number of piperazine rings is 1. The zero-order valence-corrected chi connectivity index (χ0v) is 9.37. The Balaban J connectivity index is 1.73. The fourth-order valence-corrected chi connectivity index (χ4v) is 1.90. The molecule has 1 aromatic rings. The van der Waals surface area contributed by atoms with E-state index in [1.165, 1.54) is 18.9 Å². The van der Waals surface area contributed by atoms with Crippen molar-refractivity contribution in [2.24, 2.45) is 0 Å². The number of nitrogens with zero attached hydrogens (tertiary/aromatic N) is 2. The maximum Gasteiger partial charge on any atom is 0.105 e. The Hall–Kier alpha value is -1.00. The SMILES string of the molecule is CN(CCN1CCNCC1)c1ccc[nH]1. The summed E-state index contributed by atoms with van der Waals surface area (Å²) in [4.78, 5) is 8.00. The average molecular weight is 208 g/mol. The Morgan fingerprint density at radius 2 is 2.20 bits per heavy atom. The van der Waals surface area contributed by atoms with Gasteiger partial charge in [0.25, 0.3) is 0 Å². The highest BCUT2D eigenvalue weighted by atomic mass is 15.2. The summed E-state index contributed by atoms with van der Waals surface area (Å²) in [7, 11) is 2.13. The molecule has 2 heterocycles. The van der Waals surface area contributed by atoms with Crippen molar-refractivity contribution >= 4 is 5.82 Å². The third kappa shape index (κ3) is 2.97. The van der Waals surface area contributed by atoms with Crippen molar-refractivity contribution in [3.05, 3.63) is 18.3 Å². The Bertz CT molecular complexity index is 264. The highest BCUT2D eigenvalue weighted by Crippen LogP contribution is 2.07. The second-order valence-corrected chi connectivity index (χ2v) is 4.07. The number of likely N-dealkylation sites (N-methyl/N-ethyl adjacent to an activating group) is 1. The van der Waals surface area contributed by atoms with Gasteiger partial charge in [-0.05, 0) is 12.1 Å². The van der Waals surface area contributed by atoms with E-state index in [2.05, 4.69) is 33.2 Å². The normalized spacial score (nSPS) is 17.9. The molecule has 1 aliphatic heterocycles. The van der Waals surface area contributed by atoms with Crippen molar-refractivity contribution in [1.29, 1.82) is 0 Å². The molecule has 0 radical (unpaired) electrons. The van der Waals surface area contributed by atoms with Crippen LogP contribution < -0.4 is 10.2 Å². The van der Waals surface area contributed by atoms with Crippen molar-refractivity contribution in [2.75, 3.05) is 51.2 Å². The molecule has 2 rings (SSSR count). The van der Waals surface area contributed by atoms with Crippen molar-refractivity contribution < 1.29 is 0 Å². The van der Waals surface area contributed by atoms with Gasteiger partial charge in [-0.1, -0.05) is 0 Å². The van der Waals surface area contributed by atoms with Gasteiger partial charge in [-0.25, -0.2) is 0 Å². The molecule has 15 heavy (non-hydrogen) atoms. The van der Waals surface area contributed by atoms with Crippen LogP contribution in [0, 0.1) is 0 Å². The maximum absolute atomic E-state index is 3.37. The lowest BCUT2D eigenvalue weighted by molar-refractivity contribution is 0.246. The summed E-state index contributed by atoms with van der Waals surface area (Å²) in [5, 5.41) is 3.37. The van der Waals surface area contributed by atoms with Gasteiger partial charge in [-0.15, -0.1) is 0 Å². The second kappa shape index (κ2) is 5.19. The Labute approximate surface area is 91.3 Å². The summed E-state index contributed by atoms with van der Waals surface area (Å²) in [6.07, 6.45) is 1.97. The third-order valence-electron chi connectivity index (χ3n) is 2.95. The molecule has 0 aromatic carbocycles. The average Bonchev–Trinajstić information content (AvgIpc) is 2.81. The molecule has 84 valence electrons. The van der Waals surface area contributed by atoms with Crippen LogP contribution in [0.3, 0.4) is 0 Å². The summed E-state index contributed by atoms with van der Waals surface area (Å²) in [5.74, 6) is 1.20. The maximum atomic E-state index is 3.37. The molecule has 4 nitrogen and oxygen atoms in total. The number of hydrogen-bond donors (Lipinski definition) is 2. The van der Waals surface area contributed by atoms with Gasteiger partial charge < -0.3 is 15.2 Å². The summed E-state index contributed by atoms with van der Waals surface area (Å²) in [5.41, 5.74) is 0. The molecule has 0 spiro atoms. The first kappa shape index (κ1) is 10.5. The van der Waals surface area contributed by atoms with Gasteiger partial charge in [0.2, 0.25) is 0 Å². The van der Waals surface area contributed by atoms with Crippen LogP contribution in [0.15, 0.2) is 18.3 Å². The predicted molar refractivity (Wildman–Crippen MR) is 63.4 cm³/mol. The Kier molecular flexibility index (Phi) is 3.64. The second-order valence-electron chi connectivity index (χ2n) is 4.07. The van der Waals surface area contributed by atoms with E-state index in [4.69, 9.17) is 0 Å². The van der Waals surface area contributed by atoms with Gasteiger partial charge in [-0.2, -0.15) is 0 Å². The van der Waals surface area contributed by atoms with Crippen LogP contribution >= 0.6 is 0 Å². The molecule has 0 atom stereocenters. The lowest BCUT2D eigenvalue weighted by atomic mass is 10.3. The lowest BCUT2D eigenvalue weighted by Gasteiger charge is -2.29.